The van der Waals surface area contributed by atoms with Gasteiger partial charge in [0.2, 0.25) is 0 Å². The summed E-state index contributed by atoms with van der Waals surface area (Å²) >= 11 is 0. The second-order valence-corrected chi connectivity index (χ2v) is 9.44. The number of aromatic amines is 1. The smallest absolute Gasteiger partial charge is 0.0791 e. The van der Waals surface area contributed by atoms with Gasteiger partial charge in [-0.25, -0.2) is 4.99 Å². The van der Waals surface area contributed by atoms with E-state index in [0.717, 1.165) is 17.8 Å². The molecule has 0 atom stereocenters. The predicted molar refractivity (Wildman–Crippen MR) is 129 cm³/mol. The van der Waals surface area contributed by atoms with Crippen molar-refractivity contribution in [3.63, 3.8) is 0 Å². The molecular formula is C28H32N2. The largest absolute Gasteiger partial charge is 0.359 e. The van der Waals surface area contributed by atoms with E-state index in [9.17, 15) is 0 Å². The van der Waals surface area contributed by atoms with Crippen LogP contribution in [0.25, 0.3) is 11.8 Å². The fourth-order valence-corrected chi connectivity index (χ4v) is 4.49. The van der Waals surface area contributed by atoms with E-state index in [0.29, 0.717) is 0 Å². The second-order valence-electron chi connectivity index (χ2n) is 9.44. The molecule has 154 valence electrons. The van der Waals surface area contributed by atoms with Crippen molar-refractivity contribution in [1.82, 2.24) is 4.98 Å². The van der Waals surface area contributed by atoms with Crippen LogP contribution in [0.1, 0.15) is 78.0 Å². The third-order valence-electron chi connectivity index (χ3n) is 6.30. The number of hydrogen-bond acceptors (Lipinski definition) is 1. The minimum atomic E-state index is 0.143. The number of aliphatic imine (C=N–C) groups is 1. The maximum absolute atomic E-state index is 5.14. The Hall–Kier alpha value is -2.87. The molecule has 1 aliphatic rings. The Labute approximate surface area is 180 Å². The molecule has 0 radical (unpaired) electrons. The Kier molecular flexibility index (Phi) is 5.05. The first-order valence-corrected chi connectivity index (χ1v) is 10.9. The van der Waals surface area contributed by atoms with Crippen LogP contribution in [-0.2, 0) is 11.8 Å². The van der Waals surface area contributed by atoms with Gasteiger partial charge >= 0.3 is 0 Å². The third kappa shape index (κ3) is 3.45. The Bertz CT molecular complexity index is 1180. The minimum absolute atomic E-state index is 0.143. The van der Waals surface area contributed by atoms with Gasteiger partial charge in [0.1, 0.15) is 0 Å². The first-order chi connectivity index (χ1) is 14.2. The summed E-state index contributed by atoms with van der Waals surface area (Å²) in [5.41, 5.74) is 13.7. The van der Waals surface area contributed by atoms with Crippen LogP contribution in [0.15, 0.2) is 47.5 Å². The number of aryl methyl sites for hydroxylation is 2. The monoisotopic (exact) mass is 396 g/mol. The van der Waals surface area contributed by atoms with Crippen molar-refractivity contribution < 1.29 is 0 Å². The minimum Gasteiger partial charge on any atom is -0.359 e. The van der Waals surface area contributed by atoms with Crippen LogP contribution < -0.4 is 0 Å². The van der Waals surface area contributed by atoms with Gasteiger partial charge in [0.15, 0.2) is 0 Å². The number of fused-ring (bicyclic) bond motifs is 1. The first kappa shape index (κ1) is 20.4. The number of nitrogens with one attached hydrogen (secondary N) is 1. The highest BCUT2D eigenvalue weighted by Crippen LogP contribution is 2.35. The van der Waals surface area contributed by atoms with Crippen LogP contribution in [-0.4, -0.2) is 10.7 Å². The molecule has 0 bridgehead atoms. The third-order valence-corrected chi connectivity index (χ3v) is 6.30. The van der Waals surface area contributed by atoms with Gasteiger partial charge in [-0.1, -0.05) is 70.2 Å². The maximum Gasteiger partial charge on any atom is 0.0791 e. The molecule has 2 aromatic carbocycles. The van der Waals surface area contributed by atoms with Gasteiger partial charge in [0.25, 0.3) is 0 Å². The van der Waals surface area contributed by atoms with Crippen molar-refractivity contribution in [3.05, 3.63) is 92.8 Å². The highest BCUT2D eigenvalue weighted by atomic mass is 14.8. The highest BCUT2D eigenvalue weighted by Gasteiger charge is 2.24. The number of aromatic nitrogens is 1. The van der Waals surface area contributed by atoms with Crippen LogP contribution in [0.2, 0.25) is 0 Å². The number of nitrogens with zero attached hydrogens (tertiary/aromatic N) is 1. The lowest BCUT2D eigenvalue weighted by Crippen LogP contribution is -2.12. The molecule has 1 aliphatic heterocycles. The summed E-state index contributed by atoms with van der Waals surface area (Å²) in [6.07, 6.45) is 3.26. The molecule has 1 aromatic heterocycles. The molecule has 0 unspecified atom stereocenters. The number of rotatable bonds is 3. The van der Waals surface area contributed by atoms with Crippen molar-refractivity contribution in [1.29, 1.82) is 0 Å². The van der Waals surface area contributed by atoms with Gasteiger partial charge in [0.05, 0.1) is 11.4 Å². The summed E-state index contributed by atoms with van der Waals surface area (Å²) in [4.78, 5) is 8.70. The Morgan fingerprint density at radius 1 is 0.933 bits per heavy atom. The molecule has 0 fully saturated rings. The molecule has 0 saturated heterocycles. The van der Waals surface area contributed by atoms with E-state index < -0.39 is 0 Å². The van der Waals surface area contributed by atoms with Gasteiger partial charge in [-0.05, 0) is 60.9 Å². The van der Waals surface area contributed by atoms with Gasteiger partial charge < -0.3 is 4.98 Å². The first-order valence-electron chi connectivity index (χ1n) is 10.9. The number of H-pyrrole nitrogens is 1. The fraction of sp³-hybridized carbons (Fsp3) is 0.321. The second kappa shape index (κ2) is 7.43. The molecule has 0 spiro atoms. The van der Waals surface area contributed by atoms with E-state index in [4.69, 9.17) is 4.99 Å². The molecule has 0 saturated carbocycles. The molecule has 30 heavy (non-hydrogen) atoms. The molecule has 2 nitrogen and oxygen atoms in total. The average molecular weight is 397 g/mol. The average Bonchev–Trinajstić information content (AvgIpc) is 3.18. The fourth-order valence-electron chi connectivity index (χ4n) is 4.49. The molecule has 4 rings (SSSR count). The van der Waals surface area contributed by atoms with Gasteiger partial charge in [0, 0.05) is 28.1 Å². The van der Waals surface area contributed by atoms with Crippen molar-refractivity contribution in [2.75, 3.05) is 0 Å². The van der Waals surface area contributed by atoms with Crippen LogP contribution in [0, 0.1) is 20.8 Å². The summed E-state index contributed by atoms with van der Waals surface area (Å²) < 4.78 is 0. The van der Waals surface area contributed by atoms with Gasteiger partial charge in [-0.2, -0.15) is 0 Å². The van der Waals surface area contributed by atoms with E-state index >= 15 is 0 Å². The molecule has 2 heteroatoms. The zero-order valence-corrected chi connectivity index (χ0v) is 19.3. The Morgan fingerprint density at radius 3 is 2.23 bits per heavy atom. The highest BCUT2D eigenvalue weighted by molar-refractivity contribution is 6.22. The molecule has 0 aliphatic carbocycles. The van der Waals surface area contributed by atoms with Crippen molar-refractivity contribution in [2.24, 2.45) is 4.99 Å². The van der Waals surface area contributed by atoms with Gasteiger partial charge in [-0.15, -0.1) is 0 Å². The molecular weight excluding hydrogens is 364 g/mol. The normalized spacial score (nSPS) is 14.9. The zero-order chi connectivity index (χ0) is 21.6. The SMILES string of the molecule is CCc1c(C)[nH]c(C=C2N=C(c3ccc(C(C)(C)C)cc3C)c3ccccc32)c1C. The molecule has 0 amide bonds. The van der Waals surface area contributed by atoms with E-state index in [1.165, 1.54) is 50.3 Å². The van der Waals surface area contributed by atoms with E-state index in [-0.39, 0.29) is 5.41 Å². The van der Waals surface area contributed by atoms with Crippen LogP contribution in [0.3, 0.4) is 0 Å². The zero-order valence-electron chi connectivity index (χ0n) is 19.3. The predicted octanol–water partition coefficient (Wildman–Crippen LogP) is 7.15. The molecule has 1 N–H and O–H groups in total. The Morgan fingerprint density at radius 2 is 1.63 bits per heavy atom. The lowest BCUT2D eigenvalue weighted by atomic mass is 9.84. The lowest BCUT2D eigenvalue weighted by molar-refractivity contribution is 0.589. The van der Waals surface area contributed by atoms with Crippen LogP contribution >= 0.6 is 0 Å². The molecule has 3 aromatic rings. The molecule has 2 heterocycles. The van der Waals surface area contributed by atoms with Crippen LogP contribution in [0.5, 0.6) is 0 Å². The maximum atomic E-state index is 5.14. The quantitative estimate of drug-likeness (QED) is 0.487. The summed E-state index contributed by atoms with van der Waals surface area (Å²) in [7, 11) is 0. The number of benzene rings is 2. The summed E-state index contributed by atoms with van der Waals surface area (Å²) in [5, 5.41) is 0. The van der Waals surface area contributed by atoms with E-state index in [1.54, 1.807) is 0 Å². The van der Waals surface area contributed by atoms with E-state index in [1.807, 2.05) is 0 Å². The number of hydrogen-bond donors (Lipinski definition) is 1. The lowest BCUT2D eigenvalue weighted by Gasteiger charge is -2.20. The summed E-state index contributed by atoms with van der Waals surface area (Å²) in [6, 6.07) is 15.4. The van der Waals surface area contributed by atoms with Crippen molar-refractivity contribution >= 4 is 17.5 Å². The summed E-state index contributed by atoms with van der Waals surface area (Å²) in [5.74, 6) is 0. The van der Waals surface area contributed by atoms with Crippen molar-refractivity contribution in [3.8, 4) is 0 Å². The van der Waals surface area contributed by atoms with Crippen molar-refractivity contribution in [2.45, 2.75) is 60.3 Å². The van der Waals surface area contributed by atoms with Gasteiger partial charge in [-0.3, -0.25) is 0 Å². The Balaban J connectivity index is 1.85. The van der Waals surface area contributed by atoms with E-state index in [2.05, 4.69) is 102 Å². The summed E-state index contributed by atoms with van der Waals surface area (Å²) in [6.45, 7) is 15.6. The standard InChI is InChI=1S/C28H32N2/c1-8-21-18(3)25(29-19(21)4)16-26-23-11-9-10-12-24(23)27(30-26)22-14-13-20(15-17(22)2)28(5,6)7/h9-16,29H,8H2,1-7H3. The van der Waals surface area contributed by atoms with Crippen LogP contribution in [0.4, 0.5) is 0 Å². The topological polar surface area (TPSA) is 28.1 Å².